The average Bonchev–Trinajstić information content (AvgIpc) is 3.12. The van der Waals surface area contributed by atoms with Gasteiger partial charge in [0.15, 0.2) is 0 Å². The normalized spacial score (nSPS) is 11.5. The number of benzene rings is 3. The SMILES string of the molecule is N#C/C(=C\c1cn(Cc2ccc(F)cc2)c2c(Cl)cccc12)c1ccc(C(=O)O)cc1. The molecule has 0 aliphatic heterocycles. The van der Waals surface area contributed by atoms with Crippen LogP contribution in [0.25, 0.3) is 22.6 Å². The molecule has 1 aromatic heterocycles. The number of halogens is 2. The van der Waals surface area contributed by atoms with Gasteiger partial charge in [0, 0.05) is 23.7 Å². The summed E-state index contributed by atoms with van der Waals surface area (Å²) in [7, 11) is 0. The molecule has 4 rings (SSSR count). The zero-order valence-electron chi connectivity index (χ0n) is 16.2. The second-order valence-electron chi connectivity index (χ2n) is 7.03. The van der Waals surface area contributed by atoms with Crippen LogP contribution in [0.15, 0.2) is 72.9 Å². The van der Waals surface area contributed by atoms with E-state index in [2.05, 4.69) is 6.07 Å². The number of fused-ring (bicyclic) bond motifs is 1. The van der Waals surface area contributed by atoms with Crippen molar-refractivity contribution in [1.29, 1.82) is 5.26 Å². The van der Waals surface area contributed by atoms with Crippen molar-refractivity contribution in [3.05, 3.63) is 106 Å². The lowest BCUT2D eigenvalue weighted by Crippen LogP contribution is -1.98. The third kappa shape index (κ3) is 4.20. The minimum absolute atomic E-state index is 0.156. The molecule has 0 aliphatic carbocycles. The average molecular weight is 431 g/mol. The Labute approximate surface area is 183 Å². The number of allylic oxidation sites excluding steroid dienone is 1. The maximum absolute atomic E-state index is 13.3. The second-order valence-corrected chi connectivity index (χ2v) is 7.43. The number of rotatable bonds is 5. The van der Waals surface area contributed by atoms with Gasteiger partial charge in [0.05, 0.1) is 27.7 Å². The molecule has 0 fully saturated rings. The summed E-state index contributed by atoms with van der Waals surface area (Å²) in [5.41, 5.74) is 3.71. The number of nitrogens with zero attached hydrogens (tertiary/aromatic N) is 2. The van der Waals surface area contributed by atoms with E-state index in [9.17, 15) is 14.4 Å². The minimum Gasteiger partial charge on any atom is -0.478 e. The van der Waals surface area contributed by atoms with Crippen LogP contribution in [0, 0.1) is 17.1 Å². The van der Waals surface area contributed by atoms with Crippen molar-refractivity contribution in [2.24, 2.45) is 0 Å². The highest BCUT2D eigenvalue weighted by atomic mass is 35.5. The fraction of sp³-hybridized carbons (Fsp3) is 0.0400. The van der Waals surface area contributed by atoms with E-state index in [1.54, 1.807) is 36.4 Å². The topological polar surface area (TPSA) is 66.0 Å². The van der Waals surface area contributed by atoms with Gasteiger partial charge in [-0.15, -0.1) is 0 Å². The van der Waals surface area contributed by atoms with Crippen molar-refractivity contribution in [1.82, 2.24) is 4.57 Å². The van der Waals surface area contributed by atoms with Crippen LogP contribution < -0.4 is 0 Å². The van der Waals surface area contributed by atoms with E-state index >= 15 is 0 Å². The first kappa shape index (κ1) is 20.4. The van der Waals surface area contributed by atoms with Crippen LogP contribution >= 0.6 is 11.6 Å². The van der Waals surface area contributed by atoms with Crippen LogP contribution in [-0.4, -0.2) is 15.6 Å². The van der Waals surface area contributed by atoms with Crippen LogP contribution in [0.3, 0.4) is 0 Å². The van der Waals surface area contributed by atoms with Crippen LogP contribution in [0.5, 0.6) is 0 Å². The Morgan fingerprint density at radius 2 is 1.74 bits per heavy atom. The van der Waals surface area contributed by atoms with Crippen molar-refractivity contribution in [3.8, 4) is 6.07 Å². The summed E-state index contributed by atoms with van der Waals surface area (Å²) in [5, 5.41) is 20.2. The summed E-state index contributed by atoms with van der Waals surface area (Å²) in [6.45, 7) is 0.490. The lowest BCUT2D eigenvalue weighted by molar-refractivity contribution is 0.0697. The molecule has 0 unspecified atom stereocenters. The lowest BCUT2D eigenvalue weighted by atomic mass is 10.0. The van der Waals surface area contributed by atoms with Gasteiger partial charge in [-0.2, -0.15) is 5.26 Å². The number of carbonyl (C=O) groups is 1. The molecule has 0 amide bonds. The maximum Gasteiger partial charge on any atom is 0.335 e. The Bertz CT molecular complexity index is 1350. The summed E-state index contributed by atoms with van der Waals surface area (Å²) < 4.78 is 15.2. The van der Waals surface area contributed by atoms with E-state index in [-0.39, 0.29) is 11.4 Å². The molecule has 0 spiro atoms. The quantitative estimate of drug-likeness (QED) is 0.381. The van der Waals surface area contributed by atoms with Gasteiger partial charge in [0.2, 0.25) is 0 Å². The zero-order chi connectivity index (χ0) is 22.0. The van der Waals surface area contributed by atoms with Gasteiger partial charge < -0.3 is 9.67 Å². The molecule has 152 valence electrons. The fourth-order valence-corrected chi connectivity index (χ4v) is 3.78. The molecule has 0 aliphatic rings. The molecule has 4 aromatic rings. The van der Waals surface area contributed by atoms with Gasteiger partial charge in [-0.05, 0) is 47.5 Å². The van der Waals surface area contributed by atoms with Gasteiger partial charge in [0.25, 0.3) is 0 Å². The predicted molar refractivity (Wildman–Crippen MR) is 119 cm³/mol. The monoisotopic (exact) mass is 430 g/mol. The number of carboxylic acid groups (broad SMARTS) is 1. The molecule has 6 heteroatoms. The van der Waals surface area contributed by atoms with Gasteiger partial charge in [-0.3, -0.25) is 0 Å². The zero-order valence-corrected chi connectivity index (χ0v) is 17.0. The highest BCUT2D eigenvalue weighted by molar-refractivity contribution is 6.35. The molecule has 1 N–H and O–H groups in total. The highest BCUT2D eigenvalue weighted by Gasteiger charge is 2.13. The van der Waals surface area contributed by atoms with Gasteiger partial charge in [0.1, 0.15) is 5.82 Å². The molecule has 1 heterocycles. The van der Waals surface area contributed by atoms with Gasteiger partial charge in [-0.1, -0.05) is 48.0 Å². The van der Waals surface area contributed by atoms with E-state index in [0.29, 0.717) is 22.7 Å². The van der Waals surface area contributed by atoms with E-state index in [0.717, 1.165) is 22.0 Å². The number of carboxylic acids is 1. The number of para-hydroxylation sites is 1. The summed E-state index contributed by atoms with van der Waals surface area (Å²) in [4.78, 5) is 11.1. The number of aromatic nitrogens is 1. The highest BCUT2D eigenvalue weighted by Crippen LogP contribution is 2.31. The van der Waals surface area contributed by atoms with Crippen LogP contribution in [0.4, 0.5) is 4.39 Å². The lowest BCUT2D eigenvalue weighted by Gasteiger charge is -2.06. The van der Waals surface area contributed by atoms with Crippen molar-refractivity contribution in [3.63, 3.8) is 0 Å². The maximum atomic E-state index is 13.3. The summed E-state index contributed by atoms with van der Waals surface area (Å²) in [5.74, 6) is -1.32. The van der Waals surface area contributed by atoms with Gasteiger partial charge >= 0.3 is 5.97 Å². The largest absolute Gasteiger partial charge is 0.478 e. The molecule has 3 aromatic carbocycles. The first-order chi connectivity index (χ1) is 15.0. The molecule has 31 heavy (non-hydrogen) atoms. The molecule has 0 radical (unpaired) electrons. The van der Waals surface area contributed by atoms with Crippen LogP contribution in [0.2, 0.25) is 5.02 Å². The summed E-state index contributed by atoms with van der Waals surface area (Å²) in [6, 6.07) is 20.2. The second kappa shape index (κ2) is 8.47. The number of hydrogen-bond acceptors (Lipinski definition) is 2. The van der Waals surface area contributed by atoms with Crippen molar-refractivity contribution in [2.45, 2.75) is 6.54 Å². The van der Waals surface area contributed by atoms with E-state index in [1.807, 2.05) is 22.9 Å². The molecular weight excluding hydrogens is 415 g/mol. The Morgan fingerprint density at radius 3 is 2.39 bits per heavy atom. The van der Waals surface area contributed by atoms with Crippen molar-refractivity contribution < 1.29 is 14.3 Å². The molecule has 0 bridgehead atoms. The molecule has 4 nitrogen and oxygen atoms in total. The Morgan fingerprint density at radius 1 is 1.06 bits per heavy atom. The molecule has 0 saturated carbocycles. The molecule has 0 saturated heterocycles. The van der Waals surface area contributed by atoms with E-state index in [1.165, 1.54) is 24.3 Å². The predicted octanol–water partition coefficient (Wildman–Crippen LogP) is 6.24. The van der Waals surface area contributed by atoms with E-state index in [4.69, 9.17) is 16.7 Å². The van der Waals surface area contributed by atoms with E-state index < -0.39 is 5.97 Å². The van der Waals surface area contributed by atoms with Crippen LogP contribution in [0.1, 0.15) is 27.0 Å². The number of hydrogen-bond donors (Lipinski definition) is 1. The third-order valence-corrected chi connectivity index (χ3v) is 5.31. The smallest absolute Gasteiger partial charge is 0.335 e. The van der Waals surface area contributed by atoms with Crippen molar-refractivity contribution in [2.75, 3.05) is 0 Å². The first-order valence-corrected chi connectivity index (χ1v) is 9.81. The first-order valence-electron chi connectivity index (χ1n) is 9.43. The van der Waals surface area contributed by atoms with Gasteiger partial charge in [-0.25, -0.2) is 9.18 Å². The summed E-state index contributed by atoms with van der Waals surface area (Å²) >= 11 is 6.48. The molecule has 0 atom stereocenters. The Kier molecular flexibility index (Phi) is 5.57. The summed E-state index contributed by atoms with van der Waals surface area (Å²) in [6.07, 6.45) is 3.67. The fourth-order valence-electron chi connectivity index (χ4n) is 3.50. The number of nitriles is 1. The molecular formula is C25H16ClFN2O2. The standard InChI is InChI=1S/C25H16ClFN2O2/c26-23-3-1-2-22-20(12-19(13-28)17-6-8-18(9-7-17)25(30)31)15-29(24(22)23)14-16-4-10-21(27)11-5-16/h1-12,15H,14H2,(H,30,31)/b19-12+. The number of aromatic carboxylic acids is 1. The van der Waals surface area contributed by atoms with Crippen molar-refractivity contribution >= 4 is 40.1 Å². The van der Waals surface area contributed by atoms with Crippen LogP contribution in [-0.2, 0) is 6.54 Å². The Hall–Kier alpha value is -3.88. The Balaban J connectivity index is 1.79. The third-order valence-electron chi connectivity index (χ3n) is 5.01. The minimum atomic E-state index is -1.02.